The normalized spacial score (nSPS) is 11.5. The van der Waals surface area contributed by atoms with E-state index >= 15 is 0 Å². The minimum absolute atomic E-state index is 0.192. The molecule has 1 N–H and O–H groups in total. The molecule has 0 amide bonds. The van der Waals surface area contributed by atoms with E-state index < -0.39 is 5.54 Å². The molecule has 3 nitrogen and oxygen atoms in total. The highest BCUT2D eigenvalue weighted by atomic mass is 32.1. The predicted molar refractivity (Wildman–Crippen MR) is 71.5 cm³/mol. The molecule has 0 unspecified atom stereocenters. The fraction of sp³-hybridized carbons (Fsp3) is 0.615. The van der Waals surface area contributed by atoms with E-state index in [4.69, 9.17) is 4.74 Å². The summed E-state index contributed by atoms with van der Waals surface area (Å²) in [7, 11) is 0. The molecule has 1 heterocycles. The number of esters is 1. The van der Waals surface area contributed by atoms with Crippen molar-refractivity contribution in [1.29, 1.82) is 0 Å². The molecule has 1 rings (SSSR count). The molecule has 0 aliphatic rings. The molecule has 0 saturated carbocycles. The second-order valence-electron chi connectivity index (χ2n) is 4.55. The van der Waals surface area contributed by atoms with Gasteiger partial charge in [0, 0.05) is 11.4 Å². The molecule has 0 fully saturated rings. The molecule has 17 heavy (non-hydrogen) atoms. The lowest BCUT2D eigenvalue weighted by molar-refractivity contribution is -0.149. The Labute approximate surface area is 107 Å². The highest BCUT2D eigenvalue weighted by Gasteiger charge is 2.27. The van der Waals surface area contributed by atoms with Crippen molar-refractivity contribution in [2.45, 2.75) is 39.7 Å². The van der Waals surface area contributed by atoms with Crippen molar-refractivity contribution in [1.82, 2.24) is 5.32 Å². The summed E-state index contributed by atoms with van der Waals surface area (Å²) in [5.74, 6) is -0.192. The van der Waals surface area contributed by atoms with Crippen LogP contribution in [0.2, 0.25) is 0 Å². The number of hydrogen-bond acceptors (Lipinski definition) is 4. The SMILES string of the molecule is CCOC(=O)C(C)(C)NCCc1sccc1C. The van der Waals surface area contributed by atoms with Crippen molar-refractivity contribution in [3.63, 3.8) is 0 Å². The van der Waals surface area contributed by atoms with Crippen LogP contribution < -0.4 is 5.32 Å². The largest absolute Gasteiger partial charge is 0.465 e. The number of hydrogen-bond donors (Lipinski definition) is 1. The van der Waals surface area contributed by atoms with Gasteiger partial charge in [0.1, 0.15) is 5.54 Å². The second kappa shape index (κ2) is 6.17. The van der Waals surface area contributed by atoms with E-state index in [1.807, 2.05) is 20.8 Å². The first-order chi connectivity index (χ1) is 7.97. The molecule has 0 aliphatic carbocycles. The van der Waals surface area contributed by atoms with E-state index in [-0.39, 0.29) is 5.97 Å². The number of thiophene rings is 1. The summed E-state index contributed by atoms with van der Waals surface area (Å²) in [4.78, 5) is 13.0. The van der Waals surface area contributed by atoms with E-state index in [1.165, 1.54) is 10.4 Å². The van der Waals surface area contributed by atoms with E-state index in [9.17, 15) is 4.79 Å². The minimum Gasteiger partial charge on any atom is -0.465 e. The molecule has 0 bridgehead atoms. The first-order valence-electron chi connectivity index (χ1n) is 5.92. The number of nitrogens with one attached hydrogen (secondary N) is 1. The molecule has 1 aromatic heterocycles. The highest BCUT2D eigenvalue weighted by molar-refractivity contribution is 7.10. The van der Waals surface area contributed by atoms with Gasteiger partial charge in [-0.05, 0) is 51.1 Å². The average molecular weight is 255 g/mol. The van der Waals surface area contributed by atoms with Crippen molar-refractivity contribution in [3.8, 4) is 0 Å². The summed E-state index contributed by atoms with van der Waals surface area (Å²) in [6.07, 6.45) is 0.951. The number of ether oxygens (including phenoxy) is 1. The Morgan fingerprint density at radius 2 is 2.24 bits per heavy atom. The predicted octanol–water partition coefficient (Wildman–Crippen LogP) is 2.53. The second-order valence-corrected chi connectivity index (χ2v) is 5.55. The van der Waals surface area contributed by atoms with Crippen LogP contribution in [0.3, 0.4) is 0 Å². The van der Waals surface area contributed by atoms with E-state index in [0.29, 0.717) is 6.61 Å². The maximum Gasteiger partial charge on any atom is 0.325 e. The molecule has 1 aromatic rings. The molecule has 0 atom stereocenters. The lowest BCUT2D eigenvalue weighted by Crippen LogP contribution is -2.48. The average Bonchev–Trinajstić information content (AvgIpc) is 2.65. The zero-order valence-electron chi connectivity index (χ0n) is 11.0. The zero-order valence-corrected chi connectivity index (χ0v) is 11.8. The van der Waals surface area contributed by atoms with Crippen LogP contribution in [-0.2, 0) is 16.0 Å². The van der Waals surface area contributed by atoms with Gasteiger partial charge >= 0.3 is 5.97 Å². The zero-order chi connectivity index (χ0) is 12.9. The lowest BCUT2D eigenvalue weighted by Gasteiger charge is -2.23. The third-order valence-electron chi connectivity index (χ3n) is 2.67. The fourth-order valence-corrected chi connectivity index (χ4v) is 2.44. The molecule has 0 aliphatic heterocycles. The van der Waals surface area contributed by atoms with Gasteiger partial charge in [-0.15, -0.1) is 11.3 Å². The van der Waals surface area contributed by atoms with Gasteiger partial charge in [-0.25, -0.2) is 0 Å². The number of carbonyl (C=O) groups excluding carboxylic acids is 1. The third-order valence-corrected chi connectivity index (χ3v) is 3.76. The van der Waals surface area contributed by atoms with Crippen LogP contribution in [0, 0.1) is 6.92 Å². The first-order valence-corrected chi connectivity index (χ1v) is 6.80. The molecule has 0 aromatic carbocycles. The number of carbonyl (C=O) groups is 1. The van der Waals surface area contributed by atoms with Gasteiger partial charge in [-0.2, -0.15) is 0 Å². The van der Waals surface area contributed by atoms with E-state index in [2.05, 4.69) is 23.7 Å². The Kier molecular flexibility index (Phi) is 5.15. The first kappa shape index (κ1) is 14.2. The van der Waals surface area contributed by atoms with Crippen LogP contribution in [0.4, 0.5) is 0 Å². The molecule has 96 valence electrons. The van der Waals surface area contributed by atoms with Crippen LogP contribution >= 0.6 is 11.3 Å². The van der Waals surface area contributed by atoms with E-state index in [0.717, 1.165) is 13.0 Å². The minimum atomic E-state index is -0.610. The Morgan fingerprint density at radius 1 is 1.53 bits per heavy atom. The van der Waals surface area contributed by atoms with Crippen LogP contribution in [0.5, 0.6) is 0 Å². The maximum absolute atomic E-state index is 11.6. The summed E-state index contributed by atoms with van der Waals surface area (Å²) >= 11 is 1.76. The van der Waals surface area contributed by atoms with Crippen LogP contribution in [0.15, 0.2) is 11.4 Å². The van der Waals surface area contributed by atoms with Crippen molar-refractivity contribution in [2.75, 3.05) is 13.2 Å². The molecule has 0 saturated heterocycles. The van der Waals surface area contributed by atoms with Crippen molar-refractivity contribution >= 4 is 17.3 Å². The molecule has 0 radical (unpaired) electrons. The van der Waals surface area contributed by atoms with Crippen molar-refractivity contribution in [3.05, 3.63) is 21.9 Å². The summed E-state index contributed by atoms with van der Waals surface area (Å²) in [5, 5.41) is 5.34. The Bertz CT molecular complexity index is 371. The Balaban J connectivity index is 2.40. The van der Waals surface area contributed by atoms with Gasteiger partial charge in [0.25, 0.3) is 0 Å². The van der Waals surface area contributed by atoms with Crippen LogP contribution in [-0.4, -0.2) is 24.7 Å². The maximum atomic E-state index is 11.6. The summed E-state index contributed by atoms with van der Waals surface area (Å²) in [6.45, 7) is 8.85. The quantitative estimate of drug-likeness (QED) is 0.794. The van der Waals surface area contributed by atoms with Gasteiger partial charge in [0.05, 0.1) is 6.61 Å². The third kappa shape index (κ3) is 4.13. The molecule has 0 spiro atoms. The monoisotopic (exact) mass is 255 g/mol. The van der Waals surface area contributed by atoms with Gasteiger partial charge in [0.2, 0.25) is 0 Å². The summed E-state index contributed by atoms with van der Waals surface area (Å²) < 4.78 is 5.02. The summed E-state index contributed by atoms with van der Waals surface area (Å²) in [6, 6.07) is 2.12. The summed E-state index contributed by atoms with van der Waals surface area (Å²) in [5.41, 5.74) is 0.715. The van der Waals surface area contributed by atoms with Gasteiger partial charge < -0.3 is 10.1 Å². The number of rotatable bonds is 6. The molecule has 4 heteroatoms. The van der Waals surface area contributed by atoms with Crippen LogP contribution in [0.25, 0.3) is 0 Å². The highest BCUT2D eigenvalue weighted by Crippen LogP contribution is 2.16. The Morgan fingerprint density at radius 3 is 2.76 bits per heavy atom. The van der Waals surface area contributed by atoms with Crippen molar-refractivity contribution in [2.24, 2.45) is 0 Å². The number of aryl methyl sites for hydroxylation is 1. The smallest absolute Gasteiger partial charge is 0.325 e. The van der Waals surface area contributed by atoms with E-state index in [1.54, 1.807) is 11.3 Å². The molecular weight excluding hydrogens is 234 g/mol. The molecular formula is C13H21NO2S. The standard InChI is InChI=1S/C13H21NO2S/c1-5-16-12(15)13(3,4)14-8-6-11-10(2)7-9-17-11/h7,9,14H,5-6,8H2,1-4H3. The lowest BCUT2D eigenvalue weighted by atomic mass is 10.1. The van der Waals surface area contributed by atoms with Gasteiger partial charge in [-0.1, -0.05) is 0 Å². The topological polar surface area (TPSA) is 38.3 Å². The van der Waals surface area contributed by atoms with Crippen LogP contribution in [0.1, 0.15) is 31.2 Å². The van der Waals surface area contributed by atoms with Gasteiger partial charge in [-0.3, -0.25) is 4.79 Å². The van der Waals surface area contributed by atoms with Crippen molar-refractivity contribution < 1.29 is 9.53 Å². The Hall–Kier alpha value is -0.870. The van der Waals surface area contributed by atoms with Gasteiger partial charge in [0.15, 0.2) is 0 Å². The fourth-order valence-electron chi connectivity index (χ4n) is 1.53.